The smallest absolute Gasteiger partial charge is 0.127 e. The summed E-state index contributed by atoms with van der Waals surface area (Å²) in [6, 6.07) is 11.3. The molecule has 1 heterocycles. The molecule has 1 aliphatic rings. The van der Waals surface area contributed by atoms with Crippen LogP contribution in [0, 0.1) is 6.92 Å². The number of aliphatic hydroxyl groups is 1. The van der Waals surface area contributed by atoms with Crippen molar-refractivity contribution in [3.63, 3.8) is 0 Å². The van der Waals surface area contributed by atoms with Crippen LogP contribution >= 0.6 is 0 Å². The number of benzene rings is 2. The fraction of sp³-hybridized carbons (Fsp3) is 0.520. The third kappa shape index (κ3) is 5.27. The lowest BCUT2D eigenvalue weighted by atomic mass is 9.98. The van der Waals surface area contributed by atoms with E-state index in [1.54, 1.807) is 7.11 Å². The van der Waals surface area contributed by atoms with Gasteiger partial charge in [0.25, 0.3) is 0 Å². The van der Waals surface area contributed by atoms with Crippen molar-refractivity contribution in [2.24, 2.45) is 0 Å². The normalized spacial score (nSPS) is 17.5. The molecule has 2 aromatic rings. The molecule has 0 radical (unpaired) electrons. The molecule has 5 nitrogen and oxygen atoms in total. The van der Waals surface area contributed by atoms with Crippen LogP contribution in [0.4, 0.5) is 0 Å². The predicted octanol–water partition coefficient (Wildman–Crippen LogP) is 4.88. The molecule has 0 saturated carbocycles. The van der Waals surface area contributed by atoms with E-state index in [-0.39, 0.29) is 6.04 Å². The van der Waals surface area contributed by atoms with E-state index in [1.807, 2.05) is 0 Å². The second-order valence-corrected chi connectivity index (χ2v) is 8.41. The zero-order chi connectivity index (χ0) is 21.5. The largest absolute Gasteiger partial charge is 0.513 e. The molecule has 1 atom stereocenters. The van der Waals surface area contributed by atoms with E-state index in [9.17, 15) is 5.11 Å². The number of aliphatic hydroxyl groups excluding tert-OH is 1. The van der Waals surface area contributed by atoms with E-state index >= 15 is 0 Å². The Balaban J connectivity index is 2.00. The van der Waals surface area contributed by atoms with Gasteiger partial charge in [0.1, 0.15) is 12.0 Å². The summed E-state index contributed by atoms with van der Waals surface area (Å²) >= 11 is 0. The Morgan fingerprint density at radius 3 is 2.77 bits per heavy atom. The monoisotopic (exact) mass is 412 g/mol. The highest BCUT2D eigenvalue weighted by Gasteiger charge is 2.26. The van der Waals surface area contributed by atoms with Crippen molar-refractivity contribution in [3.05, 3.63) is 47.7 Å². The average Bonchev–Trinajstić information content (AvgIpc) is 2.75. The van der Waals surface area contributed by atoms with E-state index in [0.717, 1.165) is 60.1 Å². The zero-order valence-electron chi connectivity index (χ0n) is 18.8. The van der Waals surface area contributed by atoms with Gasteiger partial charge in [0.05, 0.1) is 12.3 Å². The number of hydrogen-bond donors (Lipinski definition) is 2. The first kappa shape index (κ1) is 22.4. The minimum atomic E-state index is 0.271. The standard InChI is InChI=1S/C25H36N2O3/c1-18(2)27(22-7-5-10-26-16-22)24(17-28)21-14-20-9-8-19(3)13-23(20)25(15-21)30-12-6-11-29-4/h8-9,13-15,17-18,22,26,28H,5-7,10-12,16H2,1-4H3/b24-17+/t22-/m1/s1. The number of piperidine rings is 1. The van der Waals surface area contributed by atoms with Gasteiger partial charge in [0, 0.05) is 49.7 Å². The fourth-order valence-electron chi connectivity index (χ4n) is 4.35. The lowest BCUT2D eigenvalue weighted by Crippen LogP contribution is -2.47. The van der Waals surface area contributed by atoms with Crippen molar-refractivity contribution in [1.29, 1.82) is 0 Å². The van der Waals surface area contributed by atoms with E-state index in [1.165, 1.54) is 11.8 Å². The molecule has 164 valence electrons. The summed E-state index contributed by atoms with van der Waals surface area (Å²) in [6.07, 6.45) is 4.37. The maximum absolute atomic E-state index is 10.3. The number of rotatable bonds is 9. The van der Waals surface area contributed by atoms with Crippen molar-refractivity contribution >= 4 is 16.5 Å². The van der Waals surface area contributed by atoms with Gasteiger partial charge in [-0.05, 0) is 63.7 Å². The van der Waals surface area contributed by atoms with Crippen LogP contribution < -0.4 is 10.1 Å². The Bertz CT molecular complexity index is 857. The second-order valence-electron chi connectivity index (χ2n) is 8.41. The van der Waals surface area contributed by atoms with Crippen LogP contribution in [0.15, 0.2) is 36.6 Å². The third-order valence-electron chi connectivity index (χ3n) is 5.74. The molecule has 1 aliphatic heterocycles. The zero-order valence-corrected chi connectivity index (χ0v) is 18.8. The fourth-order valence-corrected chi connectivity index (χ4v) is 4.35. The molecule has 0 bridgehead atoms. The van der Waals surface area contributed by atoms with Crippen molar-refractivity contribution in [1.82, 2.24) is 10.2 Å². The molecule has 5 heteroatoms. The average molecular weight is 413 g/mol. The first-order valence-electron chi connectivity index (χ1n) is 11.0. The van der Waals surface area contributed by atoms with Crippen LogP contribution in [-0.2, 0) is 4.74 Å². The topological polar surface area (TPSA) is 54.0 Å². The van der Waals surface area contributed by atoms with Crippen molar-refractivity contribution in [2.75, 3.05) is 33.4 Å². The molecular formula is C25H36N2O3. The van der Waals surface area contributed by atoms with Gasteiger partial charge in [-0.2, -0.15) is 0 Å². The highest BCUT2D eigenvalue weighted by Crippen LogP contribution is 2.34. The Morgan fingerprint density at radius 2 is 2.10 bits per heavy atom. The molecule has 0 spiro atoms. The summed E-state index contributed by atoms with van der Waals surface area (Å²) in [5, 5.41) is 16.0. The summed E-state index contributed by atoms with van der Waals surface area (Å²) in [4.78, 5) is 2.34. The summed E-state index contributed by atoms with van der Waals surface area (Å²) in [6.45, 7) is 9.73. The highest BCUT2D eigenvalue weighted by atomic mass is 16.5. The Labute approximate surface area is 180 Å². The van der Waals surface area contributed by atoms with Gasteiger partial charge in [0.15, 0.2) is 0 Å². The van der Waals surface area contributed by atoms with Crippen molar-refractivity contribution in [2.45, 2.75) is 52.1 Å². The molecule has 30 heavy (non-hydrogen) atoms. The Kier molecular flexibility index (Phi) is 8.00. The van der Waals surface area contributed by atoms with E-state index in [4.69, 9.17) is 9.47 Å². The number of nitrogens with zero attached hydrogens (tertiary/aromatic N) is 1. The van der Waals surface area contributed by atoms with Gasteiger partial charge in [-0.25, -0.2) is 0 Å². The number of fused-ring (bicyclic) bond motifs is 1. The van der Waals surface area contributed by atoms with Gasteiger partial charge in [0.2, 0.25) is 0 Å². The molecule has 1 fully saturated rings. The van der Waals surface area contributed by atoms with Crippen molar-refractivity contribution < 1.29 is 14.6 Å². The van der Waals surface area contributed by atoms with Gasteiger partial charge in [-0.1, -0.05) is 17.7 Å². The Hall–Kier alpha value is -2.24. The van der Waals surface area contributed by atoms with Crippen LogP contribution in [-0.4, -0.2) is 55.5 Å². The van der Waals surface area contributed by atoms with Crippen LogP contribution in [0.1, 0.15) is 44.2 Å². The maximum Gasteiger partial charge on any atom is 0.127 e. The lowest BCUT2D eigenvalue weighted by Gasteiger charge is -2.40. The molecule has 1 saturated heterocycles. The first-order chi connectivity index (χ1) is 14.5. The Morgan fingerprint density at radius 1 is 1.27 bits per heavy atom. The van der Waals surface area contributed by atoms with Crippen LogP contribution in [0.3, 0.4) is 0 Å². The van der Waals surface area contributed by atoms with E-state index in [2.05, 4.69) is 61.3 Å². The number of aryl methyl sites for hydroxylation is 1. The molecule has 0 aliphatic carbocycles. The maximum atomic E-state index is 10.3. The summed E-state index contributed by atoms with van der Waals surface area (Å²) in [7, 11) is 1.71. The number of hydrogen-bond acceptors (Lipinski definition) is 5. The van der Waals surface area contributed by atoms with Crippen LogP contribution in [0.5, 0.6) is 5.75 Å². The molecule has 3 rings (SSSR count). The van der Waals surface area contributed by atoms with Gasteiger partial charge in [-0.15, -0.1) is 0 Å². The quantitative estimate of drug-likeness (QED) is 0.454. The second kappa shape index (κ2) is 10.7. The molecule has 0 aromatic heterocycles. The molecule has 0 amide bonds. The number of ether oxygens (including phenoxy) is 2. The molecular weight excluding hydrogens is 376 g/mol. The third-order valence-corrected chi connectivity index (χ3v) is 5.74. The minimum absolute atomic E-state index is 0.271. The van der Waals surface area contributed by atoms with Crippen molar-refractivity contribution in [3.8, 4) is 5.75 Å². The molecule has 0 unspecified atom stereocenters. The number of nitrogens with one attached hydrogen (secondary N) is 1. The minimum Gasteiger partial charge on any atom is -0.513 e. The highest BCUT2D eigenvalue weighted by molar-refractivity contribution is 5.92. The SMILES string of the molecule is COCCCOc1cc(/C(=C\O)N(C(C)C)[C@@H]2CCCNC2)cc2ccc(C)cc12. The summed E-state index contributed by atoms with van der Waals surface area (Å²) in [5.41, 5.74) is 3.03. The van der Waals surface area contributed by atoms with Crippen LogP contribution in [0.25, 0.3) is 16.5 Å². The van der Waals surface area contributed by atoms with Gasteiger partial charge >= 0.3 is 0 Å². The lowest BCUT2D eigenvalue weighted by molar-refractivity contribution is 0.172. The van der Waals surface area contributed by atoms with Crippen LogP contribution in [0.2, 0.25) is 0 Å². The van der Waals surface area contributed by atoms with E-state index in [0.29, 0.717) is 19.3 Å². The number of methoxy groups -OCH3 is 1. The van der Waals surface area contributed by atoms with E-state index < -0.39 is 0 Å². The van der Waals surface area contributed by atoms with Gasteiger partial charge < -0.3 is 24.8 Å². The molecule has 2 aromatic carbocycles. The summed E-state index contributed by atoms with van der Waals surface area (Å²) < 4.78 is 11.3. The van der Waals surface area contributed by atoms with Gasteiger partial charge in [-0.3, -0.25) is 0 Å². The molecule has 2 N–H and O–H groups in total. The first-order valence-corrected chi connectivity index (χ1v) is 11.0. The predicted molar refractivity (Wildman–Crippen MR) is 124 cm³/mol. The summed E-state index contributed by atoms with van der Waals surface area (Å²) in [5.74, 6) is 0.854.